The lowest BCUT2D eigenvalue weighted by atomic mass is 10.1. The van der Waals surface area contributed by atoms with E-state index in [1.807, 2.05) is 10.9 Å². The van der Waals surface area contributed by atoms with Crippen LogP contribution in [0, 0.1) is 0 Å². The monoisotopic (exact) mass is 275 g/mol. The van der Waals surface area contributed by atoms with Crippen molar-refractivity contribution in [2.24, 2.45) is 0 Å². The Labute approximate surface area is 120 Å². The van der Waals surface area contributed by atoms with Crippen molar-refractivity contribution in [3.63, 3.8) is 0 Å². The standard InChI is InChI=1S/C15H25N5/c1-4-7-16-14(15-17-8-9-18-15)11-13-6-10-20(19-13)12(3)5-2/h6,8-10,12,14,16H,4-5,7,11H2,1-3H3,(H,17,18). The number of nitrogens with zero attached hydrogens (tertiary/aromatic N) is 3. The summed E-state index contributed by atoms with van der Waals surface area (Å²) >= 11 is 0. The summed E-state index contributed by atoms with van der Waals surface area (Å²) in [5.74, 6) is 0.983. The fourth-order valence-electron chi connectivity index (χ4n) is 2.18. The first kappa shape index (κ1) is 14.8. The lowest BCUT2D eigenvalue weighted by molar-refractivity contribution is 0.462. The van der Waals surface area contributed by atoms with Crippen LogP contribution in [0.1, 0.15) is 57.2 Å². The van der Waals surface area contributed by atoms with Crippen molar-refractivity contribution in [1.29, 1.82) is 0 Å². The summed E-state index contributed by atoms with van der Waals surface area (Å²) in [6, 6.07) is 2.76. The number of nitrogens with one attached hydrogen (secondary N) is 2. The maximum Gasteiger partial charge on any atom is 0.123 e. The van der Waals surface area contributed by atoms with E-state index in [9.17, 15) is 0 Å². The van der Waals surface area contributed by atoms with E-state index in [1.165, 1.54) is 0 Å². The van der Waals surface area contributed by atoms with Crippen LogP contribution in [-0.4, -0.2) is 26.3 Å². The van der Waals surface area contributed by atoms with Gasteiger partial charge < -0.3 is 10.3 Å². The minimum Gasteiger partial charge on any atom is -0.347 e. The molecule has 0 saturated carbocycles. The molecule has 2 unspecified atom stereocenters. The summed E-state index contributed by atoms with van der Waals surface area (Å²) in [7, 11) is 0. The maximum absolute atomic E-state index is 4.67. The van der Waals surface area contributed by atoms with E-state index in [2.05, 4.69) is 53.4 Å². The van der Waals surface area contributed by atoms with Crippen molar-refractivity contribution in [3.8, 4) is 0 Å². The van der Waals surface area contributed by atoms with Gasteiger partial charge in [-0.3, -0.25) is 4.68 Å². The summed E-state index contributed by atoms with van der Waals surface area (Å²) < 4.78 is 2.05. The molecule has 5 heteroatoms. The zero-order valence-electron chi connectivity index (χ0n) is 12.6. The molecule has 2 N–H and O–H groups in total. The summed E-state index contributed by atoms with van der Waals surface area (Å²) in [6.45, 7) is 7.53. The Morgan fingerprint density at radius 1 is 1.40 bits per heavy atom. The molecule has 0 aliphatic carbocycles. The number of rotatable bonds is 8. The van der Waals surface area contributed by atoms with Crippen molar-refractivity contribution >= 4 is 0 Å². The maximum atomic E-state index is 4.67. The number of aromatic amines is 1. The van der Waals surface area contributed by atoms with Gasteiger partial charge in [0, 0.05) is 31.1 Å². The Kier molecular flexibility index (Phi) is 5.35. The largest absolute Gasteiger partial charge is 0.347 e. The second-order valence-corrected chi connectivity index (χ2v) is 5.23. The fraction of sp³-hybridized carbons (Fsp3) is 0.600. The molecule has 0 fully saturated rings. The van der Waals surface area contributed by atoms with Crippen molar-refractivity contribution in [2.45, 2.75) is 52.1 Å². The highest BCUT2D eigenvalue weighted by Gasteiger charge is 2.15. The van der Waals surface area contributed by atoms with Crippen LogP contribution in [0.3, 0.4) is 0 Å². The highest BCUT2D eigenvalue weighted by molar-refractivity contribution is 5.07. The van der Waals surface area contributed by atoms with Gasteiger partial charge in [-0.1, -0.05) is 13.8 Å². The molecule has 0 bridgehead atoms. The third-order valence-corrected chi connectivity index (χ3v) is 3.61. The third-order valence-electron chi connectivity index (χ3n) is 3.61. The predicted octanol–water partition coefficient (Wildman–Crippen LogP) is 2.86. The first-order chi connectivity index (χ1) is 9.74. The van der Waals surface area contributed by atoms with E-state index in [-0.39, 0.29) is 6.04 Å². The van der Waals surface area contributed by atoms with Crippen molar-refractivity contribution in [2.75, 3.05) is 6.54 Å². The normalized spacial score (nSPS) is 14.3. The van der Waals surface area contributed by atoms with Crippen LogP contribution < -0.4 is 5.32 Å². The van der Waals surface area contributed by atoms with Crippen LogP contribution in [0.4, 0.5) is 0 Å². The number of H-pyrrole nitrogens is 1. The molecule has 20 heavy (non-hydrogen) atoms. The molecule has 2 rings (SSSR count). The Balaban J connectivity index is 2.05. The molecule has 110 valence electrons. The Morgan fingerprint density at radius 2 is 2.25 bits per heavy atom. The van der Waals surface area contributed by atoms with Gasteiger partial charge in [-0.2, -0.15) is 5.10 Å². The molecule has 2 heterocycles. The van der Waals surface area contributed by atoms with E-state index < -0.39 is 0 Å². The van der Waals surface area contributed by atoms with E-state index in [0.717, 1.165) is 37.3 Å². The predicted molar refractivity (Wildman–Crippen MR) is 80.6 cm³/mol. The quantitative estimate of drug-likeness (QED) is 0.779. The minimum atomic E-state index is 0.199. The highest BCUT2D eigenvalue weighted by atomic mass is 15.3. The zero-order valence-corrected chi connectivity index (χ0v) is 12.6. The van der Waals surface area contributed by atoms with Crippen LogP contribution in [-0.2, 0) is 6.42 Å². The van der Waals surface area contributed by atoms with Gasteiger partial charge >= 0.3 is 0 Å². The lowest BCUT2D eigenvalue weighted by Gasteiger charge is -2.15. The molecule has 2 aromatic rings. The van der Waals surface area contributed by atoms with Crippen molar-refractivity contribution < 1.29 is 0 Å². The zero-order chi connectivity index (χ0) is 14.4. The van der Waals surface area contributed by atoms with Crippen molar-refractivity contribution in [1.82, 2.24) is 25.1 Å². The molecule has 0 amide bonds. The average molecular weight is 275 g/mol. The molecule has 0 aliphatic heterocycles. The van der Waals surface area contributed by atoms with Gasteiger partial charge in [0.15, 0.2) is 0 Å². The SMILES string of the molecule is CCCNC(Cc1ccn(C(C)CC)n1)c1ncc[nH]1. The van der Waals surface area contributed by atoms with Crippen LogP contribution >= 0.6 is 0 Å². The molecule has 0 saturated heterocycles. The molecule has 2 atom stereocenters. The number of aromatic nitrogens is 4. The summed E-state index contributed by atoms with van der Waals surface area (Å²) in [5, 5.41) is 8.20. The van der Waals surface area contributed by atoms with Gasteiger partial charge in [0.25, 0.3) is 0 Å². The van der Waals surface area contributed by atoms with Crippen molar-refractivity contribution in [3.05, 3.63) is 36.2 Å². The Hall–Kier alpha value is -1.62. The Bertz CT molecular complexity index is 488. The third kappa shape index (κ3) is 3.70. The van der Waals surface area contributed by atoms with Gasteiger partial charge in [-0.05, 0) is 32.4 Å². The average Bonchev–Trinajstić information content (AvgIpc) is 3.13. The fourth-order valence-corrected chi connectivity index (χ4v) is 2.18. The van der Waals surface area contributed by atoms with E-state index in [4.69, 9.17) is 0 Å². The van der Waals surface area contributed by atoms with Crippen LogP contribution in [0.2, 0.25) is 0 Å². The number of hydrogen-bond acceptors (Lipinski definition) is 3. The first-order valence-electron chi connectivity index (χ1n) is 7.51. The number of imidazole rings is 1. The van der Waals surface area contributed by atoms with Crippen LogP contribution in [0.5, 0.6) is 0 Å². The van der Waals surface area contributed by atoms with E-state index in [1.54, 1.807) is 6.20 Å². The molecular formula is C15H25N5. The first-order valence-corrected chi connectivity index (χ1v) is 7.51. The summed E-state index contributed by atoms with van der Waals surface area (Å²) in [5.41, 5.74) is 1.11. The molecular weight excluding hydrogens is 250 g/mol. The second-order valence-electron chi connectivity index (χ2n) is 5.23. The molecule has 2 aromatic heterocycles. The van der Waals surface area contributed by atoms with Gasteiger partial charge in [0.05, 0.1) is 11.7 Å². The van der Waals surface area contributed by atoms with Gasteiger partial charge in [0.2, 0.25) is 0 Å². The van der Waals surface area contributed by atoms with Gasteiger partial charge in [-0.25, -0.2) is 4.98 Å². The molecule has 0 spiro atoms. The minimum absolute atomic E-state index is 0.199. The van der Waals surface area contributed by atoms with Crippen LogP contribution in [0.25, 0.3) is 0 Å². The Morgan fingerprint density at radius 3 is 2.90 bits per heavy atom. The second kappa shape index (κ2) is 7.24. The van der Waals surface area contributed by atoms with Gasteiger partial charge in [0.1, 0.15) is 5.82 Å². The lowest BCUT2D eigenvalue weighted by Crippen LogP contribution is -2.25. The van der Waals surface area contributed by atoms with E-state index >= 15 is 0 Å². The smallest absolute Gasteiger partial charge is 0.123 e. The van der Waals surface area contributed by atoms with Gasteiger partial charge in [-0.15, -0.1) is 0 Å². The summed E-state index contributed by atoms with van der Waals surface area (Å²) in [4.78, 5) is 7.57. The highest BCUT2D eigenvalue weighted by Crippen LogP contribution is 2.16. The molecule has 0 radical (unpaired) electrons. The molecule has 5 nitrogen and oxygen atoms in total. The van der Waals surface area contributed by atoms with Crippen LogP contribution in [0.15, 0.2) is 24.7 Å². The molecule has 0 aliphatic rings. The van der Waals surface area contributed by atoms with E-state index in [0.29, 0.717) is 6.04 Å². The summed E-state index contributed by atoms with van der Waals surface area (Å²) in [6.07, 6.45) is 8.80. The molecule has 0 aromatic carbocycles. The number of hydrogen-bond donors (Lipinski definition) is 2. The topological polar surface area (TPSA) is 58.5 Å².